The SMILES string of the molecule is Cc1c(COc2ccc(CN3CCCCC3C(=O)O)cc2Br)cccc1-c1ccccc1. The molecule has 4 nitrogen and oxygen atoms in total. The van der Waals surface area contributed by atoms with E-state index in [1.54, 1.807) is 0 Å². The third kappa shape index (κ3) is 5.22. The van der Waals surface area contributed by atoms with Crippen molar-refractivity contribution in [3.8, 4) is 16.9 Å². The Balaban J connectivity index is 1.44. The Morgan fingerprint density at radius 2 is 1.91 bits per heavy atom. The minimum absolute atomic E-state index is 0.390. The van der Waals surface area contributed by atoms with Gasteiger partial charge in [-0.3, -0.25) is 9.69 Å². The van der Waals surface area contributed by atoms with Crippen molar-refractivity contribution in [3.63, 3.8) is 0 Å². The zero-order valence-corrected chi connectivity index (χ0v) is 19.8. The molecular formula is C27H28BrNO3. The van der Waals surface area contributed by atoms with Gasteiger partial charge in [0.05, 0.1) is 4.47 Å². The van der Waals surface area contributed by atoms with Crippen LogP contribution in [0, 0.1) is 6.92 Å². The van der Waals surface area contributed by atoms with Gasteiger partial charge in [0.2, 0.25) is 0 Å². The van der Waals surface area contributed by atoms with E-state index >= 15 is 0 Å². The maximum absolute atomic E-state index is 11.6. The summed E-state index contributed by atoms with van der Waals surface area (Å²) in [4.78, 5) is 13.6. The molecule has 0 spiro atoms. The predicted octanol–water partition coefficient (Wildman–Crippen LogP) is 6.44. The lowest BCUT2D eigenvalue weighted by atomic mass is 9.97. The van der Waals surface area contributed by atoms with Crippen molar-refractivity contribution >= 4 is 21.9 Å². The number of carboxylic acid groups (broad SMARTS) is 1. The minimum Gasteiger partial charge on any atom is -0.488 e. The second kappa shape index (κ2) is 10.3. The summed E-state index contributed by atoms with van der Waals surface area (Å²) < 4.78 is 7.03. The molecule has 1 heterocycles. The van der Waals surface area contributed by atoms with Crippen LogP contribution < -0.4 is 4.74 Å². The van der Waals surface area contributed by atoms with Gasteiger partial charge in [-0.1, -0.05) is 61.0 Å². The van der Waals surface area contributed by atoms with Crippen LogP contribution in [0.25, 0.3) is 11.1 Å². The Kier molecular flexibility index (Phi) is 7.28. The van der Waals surface area contributed by atoms with Crippen molar-refractivity contribution in [2.75, 3.05) is 6.54 Å². The molecule has 5 heteroatoms. The Hall–Kier alpha value is -2.63. The number of piperidine rings is 1. The molecule has 3 aromatic carbocycles. The van der Waals surface area contributed by atoms with Crippen LogP contribution in [-0.2, 0) is 17.9 Å². The first-order valence-electron chi connectivity index (χ1n) is 11.0. The third-order valence-electron chi connectivity index (χ3n) is 6.19. The smallest absolute Gasteiger partial charge is 0.320 e. The number of rotatable bonds is 7. The van der Waals surface area contributed by atoms with Crippen LogP contribution in [0.5, 0.6) is 5.75 Å². The number of likely N-dealkylation sites (tertiary alicyclic amines) is 1. The minimum atomic E-state index is -0.725. The highest BCUT2D eigenvalue weighted by Crippen LogP contribution is 2.30. The van der Waals surface area contributed by atoms with E-state index in [9.17, 15) is 9.90 Å². The molecule has 4 rings (SSSR count). The van der Waals surface area contributed by atoms with E-state index in [1.807, 2.05) is 24.3 Å². The number of hydrogen-bond donors (Lipinski definition) is 1. The van der Waals surface area contributed by atoms with E-state index in [2.05, 4.69) is 70.2 Å². The molecule has 1 aliphatic heterocycles. The molecule has 1 atom stereocenters. The number of halogens is 1. The summed E-state index contributed by atoms with van der Waals surface area (Å²) in [6.45, 7) is 4.08. The molecule has 1 unspecified atom stereocenters. The molecule has 0 amide bonds. The Morgan fingerprint density at radius 1 is 1.09 bits per heavy atom. The van der Waals surface area contributed by atoms with Gasteiger partial charge in [-0.15, -0.1) is 0 Å². The van der Waals surface area contributed by atoms with Crippen LogP contribution >= 0.6 is 15.9 Å². The summed E-state index contributed by atoms with van der Waals surface area (Å²) in [5.74, 6) is 0.0588. The summed E-state index contributed by atoms with van der Waals surface area (Å²) >= 11 is 3.64. The van der Waals surface area contributed by atoms with Gasteiger partial charge in [-0.05, 0) is 82.2 Å². The van der Waals surface area contributed by atoms with Gasteiger partial charge in [-0.2, -0.15) is 0 Å². The molecule has 1 fully saturated rings. The number of hydrogen-bond acceptors (Lipinski definition) is 3. The average Bonchev–Trinajstić information content (AvgIpc) is 2.80. The first-order valence-corrected chi connectivity index (χ1v) is 11.8. The molecule has 32 heavy (non-hydrogen) atoms. The molecule has 3 aromatic rings. The number of aliphatic carboxylic acids is 1. The lowest BCUT2D eigenvalue weighted by Gasteiger charge is -2.32. The maximum atomic E-state index is 11.6. The molecular weight excluding hydrogens is 466 g/mol. The lowest BCUT2D eigenvalue weighted by Crippen LogP contribution is -2.43. The van der Waals surface area contributed by atoms with E-state index in [-0.39, 0.29) is 0 Å². The van der Waals surface area contributed by atoms with Crippen molar-refractivity contribution in [3.05, 3.63) is 87.9 Å². The van der Waals surface area contributed by atoms with Gasteiger partial charge in [0.15, 0.2) is 0 Å². The number of carbonyl (C=O) groups is 1. The molecule has 0 saturated carbocycles. The van der Waals surface area contributed by atoms with E-state index in [0.717, 1.165) is 47.2 Å². The summed E-state index contributed by atoms with van der Waals surface area (Å²) in [5, 5.41) is 9.51. The lowest BCUT2D eigenvalue weighted by molar-refractivity contribution is -0.144. The standard InChI is InChI=1S/C27H28BrNO3/c1-19-22(10-7-11-23(19)21-8-3-2-4-9-21)18-32-26-14-13-20(16-24(26)28)17-29-15-6-5-12-25(29)27(30)31/h2-4,7-11,13-14,16,25H,5-6,12,15,17-18H2,1H3,(H,30,31). The van der Waals surface area contributed by atoms with Gasteiger partial charge in [0.25, 0.3) is 0 Å². The molecule has 1 saturated heterocycles. The van der Waals surface area contributed by atoms with Crippen molar-refractivity contribution in [2.45, 2.75) is 45.4 Å². The summed E-state index contributed by atoms with van der Waals surface area (Å²) in [6, 6.07) is 22.3. The zero-order chi connectivity index (χ0) is 22.5. The predicted molar refractivity (Wildman–Crippen MR) is 131 cm³/mol. The fraction of sp³-hybridized carbons (Fsp3) is 0.296. The molecule has 1 aliphatic rings. The fourth-order valence-electron chi connectivity index (χ4n) is 4.38. The zero-order valence-electron chi connectivity index (χ0n) is 18.3. The first kappa shape index (κ1) is 22.6. The summed E-state index contributed by atoms with van der Waals surface area (Å²) in [5.41, 5.74) is 5.88. The van der Waals surface area contributed by atoms with Crippen molar-refractivity contribution < 1.29 is 14.6 Å². The van der Waals surface area contributed by atoms with Crippen LogP contribution in [0.2, 0.25) is 0 Å². The third-order valence-corrected chi connectivity index (χ3v) is 6.81. The van der Waals surface area contributed by atoms with Crippen molar-refractivity contribution in [1.82, 2.24) is 4.90 Å². The number of benzene rings is 3. The quantitative estimate of drug-likeness (QED) is 0.411. The Labute approximate surface area is 198 Å². The fourth-order valence-corrected chi connectivity index (χ4v) is 4.92. The average molecular weight is 494 g/mol. The van der Waals surface area contributed by atoms with Gasteiger partial charge < -0.3 is 9.84 Å². The molecule has 0 aliphatic carbocycles. The normalized spacial score (nSPS) is 16.6. The Bertz CT molecular complexity index is 1080. The van der Waals surface area contributed by atoms with Crippen LogP contribution in [0.4, 0.5) is 0 Å². The summed E-state index contributed by atoms with van der Waals surface area (Å²) in [7, 11) is 0. The van der Waals surface area contributed by atoms with Gasteiger partial charge in [-0.25, -0.2) is 0 Å². The van der Waals surface area contributed by atoms with E-state index in [0.29, 0.717) is 13.2 Å². The molecule has 0 aromatic heterocycles. The second-order valence-corrected chi connectivity index (χ2v) is 9.18. The molecule has 166 valence electrons. The largest absolute Gasteiger partial charge is 0.488 e. The number of ether oxygens (including phenoxy) is 1. The monoisotopic (exact) mass is 493 g/mol. The van der Waals surface area contributed by atoms with Gasteiger partial charge >= 0.3 is 5.97 Å². The van der Waals surface area contributed by atoms with Crippen LogP contribution in [0.3, 0.4) is 0 Å². The van der Waals surface area contributed by atoms with Crippen molar-refractivity contribution in [2.24, 2.45) is 0 Å². The summed E-state index contributed by atoms with van der Waals surface area (Å²) in [6.07, 6.45) is 2.75. The van der Waals surface area contributed by atoms with E-state index in [4.69, 9.17) is 4.74 Å². The first-order chi connectivity index (χ1) is 15.5. The van der Waals surface area contributed by atoms with Gasteiger partial charge in [0, 0.05) is 6.54 Å². The van der Waals surface area contributed by atoms with Crippen LogP contribution in [0.15, 0.2) is 71.2 Å². The highest BCUT2D eigenvalue weighted by molar-refractivity contribution is 9.10. The van der Waals surface area contributed by atoms with Crippen LogP contribution in [0.1, 0.15) is 36.0 Å². The van der Waals surface area contributed by atoms with Gasteiger partial charge in [0.1, 0.15) is 18.4 Å². The van der Waals surface area contributed by atoms with Crippen LogP contribution in [-0.4, -0.2) is 28.6 Å². The van der Waals surface area contributed by atoms with E-state index in [1.165, 1.54) is 16.7 Å². The highest BCUT2D eigenvalue weighted by atomic mass is 79.9. The Morgan fingerprint density at radius 3 is 2.66 bits per heavy atom. The molecule has 1 N–H and O–H groups in total. The molecule has 0 bridgehead atoms. The second-order valence-electron chi connectivity index (χ2n) is 8.33. The maximum Gasteiger partial charge on any atom is 0.320 e. The number of nitrogens with zero attached hydrogens (tertiary/aromatic N) is 1. The topological polar surface area (TPSA) is 49.8 Å². The van der Waals surface area contributed by atoms with E-state index < -0.39 is 12.0 Å². The highest BCUT2D eigenvalue weighted by Gasteiger charge is 2.28. The molecule has 0 radical (unpaired) electrons. The van der Waals surface area contributed by atoms with Crippen molar-refractivity contribution in [1.29, 1.82) is 0 Å². The number of carboxylic acids is 1.